The maximum atomic E-state index is 12.3. The van der Waals surface area contributed by atoms with Gasteiger partial charge in [0.15, 0.2) is 0 Å². The molecule has 0 spiro atoms. The fourth-order valence-electron chi connectivity index (χ4n) is 2.20. The van der Waals surface area contributed by atoms with E-state index in [1.54, 1.807) is 7.05 Å². The molecule has 0 aromatic carbocycles. The smallest absolute Gasteiger partial charge is 0.303 e. The summed E-state index contributed by atoms with van der Waals surface area (Å²) in [5.74, 6) is -0.457. The van der Waals surface area contributed by atoms with Crippen LogP contribution in [0.15, 0.2) is 0 Å². The van der Waals surface area contributed by atoms with Crippen LogP contribution in [0.4, 0.5) is 0 Å². The van der Waals surface area contributed by atoms with Gasteiger partial charge in [-0.2, -0.15) is 17.0 Å². The molecule has 7 heteroatoms. The summed E-state index contributed by atoms with van der Waals surface area (Å²) in [6.07, 6.45) is 2.31. The van der Waals surface area contributed by atoms with Crippen molar-refractivity contribution in [1.82, 2.24) is 8.61 Å². The molecule has 1 aliphatic heterocycles. The molecule has 0 radical (unpaired) electrons. The van der Waals surface area contributed by atoms with Gasteiger partial charge in [-0.15, -0.1) is 0 Å². The number of rotatable bonds is 6. The fraction of sp³-hybridized carbons (Fsp3) is 0.917. The van der Waals surface area contributed by atoms with Gasteiger partial charge in [-0.1, -0.05) is 0 Å². The van der Waals surface area contributed by atoms with Crippen molar-refractivity contribution in [3.8, 4) is 0 Å². The number of carboxylic acid groups (broad SMARTS) is 1. The highest BCUT2D eigenvalue weighted by molar-refractivity contribution is 7.86. The van der Waals surface area contributed by atoms with E-state index in [9.17, 15) is 13.2 Å². The Kier molecular flexibility index (Phi) is 5.76. The van der Waals surface area contributed by atoms with Crippen LogP contribution in [0, 0.1) is 5.92 Å². The minimum absolute atomic E-state index is 0.0604. The van der Waals surface area contributed by atoms with Crippen LogP contribution in [0.2, 0.25) is 0 Å². The number of hydrogen-bond donors (Lipinski definition) is 1. The number of carboxylic acids is 1. The summed E-state index contributed by atoms with van der Waals surface area (Å²) in [6, 6.07) is -0.0604. The highest BCUT2D eigenvalue weighted by Gasteiger charge is 2.32. The molecule has 1 fully saturated rings. The van der Waals surface area contributed by atoms with E-state index in [0.29, 0.717) is 25.4 Å². The third-order valence-electron chi connectivity index (χ3n) is 3.76. The van der Waals surface area contributed by atoms with Crippen molar-refractivity contribution in [2.24, 2.45) is 5.92 Å². The molecule has 0 atom stereocenters. The quantitative estimate of drug-likeness (QED) is 0.796. The molecule has 6 nitrogen and oxygen atoms in total. The number of aliphatic carboxylic acids is 1. The standard InChI is InChI=1S/C12H24N2O4S/c1-10(2)13(3)19(17,18)14-8-6-11(7-9-14)4-5-12(15)16/h10-11H,4-9H2,1-3H3,(H,15,16). The lowest BCUT2D eigenvalue weighted by Crippen LogP contribution is -2.47. The third kappa shape index (κ3) is 4.43. The van der Waals surface area contributed by atoms with Crippen LogP contribution in [0.5, 0.6) is 0 Å². The number of hydrogen-bond acceptors (Lipinski definition) is 3. The van der Waals surface area contributed by atoms with E-state index in [4.69, 9.17) is 5.11 Å². The van der Waals surface area contributed by atoms with Crippen LogP contribution >= 0.6 is 0 Å². The maximum Gasteiger partial charge on any atom is 0.303 e. The van der Waals surface area contributed by atoms with Gasteiger partial charge >= 0.3 is 5.97 Å². The Balaban J connectivity index is 2.51. The highest BCUT2D eigenvalue weighted by Crippen LogP contribution is 2.24. The van der Waals surface area contributed by atoms with Gasteiger partial charge < -0.3 is 5.11 Å². The minimum Gasteiger partial charge on any atom is -0.481 e. The molecule has 19 heavy (non-hydrogen) atoms. The van der Waals surface area contributed by atoms with Crippen molar-refractivity contribution in [2.45, 2.75) is 45.6 Å². The second kappa shape index (κ2) is 6.67. The first-order valence-electron chi connectivity index (χ1n) is 6.70. The van der Waals surface area contributed by atoms with E-state index >= 15 is 0 Å². The molecule has 0 bridgehead atoms. The first kappa shape index (κ1) is 16.4. The van der Waals surface area contributed by atoms with E-state index in [-0.39, 0.29) is 12.5 Å². The molecular weight excluding hydrogens is 268 g/mol. The van der Waals surface area contributed by atoms with Gasteiger partial charge in [-0.3, -0.25) is 4.79 Å². The summed E-state index contributed by atoms with van der Waals surface area (Å²) in [5, 5.41) is 8.65. The molecule has 0 unspecified atom stereocenters. The second-order valence-corrected chi connectivity index (χ2v) is 7.38. The zero-order valence-corrected chi connectivity index (χ0v) is 12.7. The van der Waals surface area contributed by atoms with E-state index in [0.717, 1.165) is 12.8 Å². The van der Waals surface area contributed by atoms with Crippen LogP contribution in [0.1, 0.15) is 39.5 Å². The predicted molar refractivity (Wildman–Crippen MR) is 73.0 cm³/mol. The van der Waals surface area contributed by atoms with Crippen molar-refractivity contribution in [1.29, 1.82) is 0 Å². The SMILES string of the molecule is CC(C)N(C)S(=O)(=O)N1CCC(CCC(=O)O)CC1. The number of nitrogens with zero attached hydrogens (tertiary/aromatic N) is 2. The summed E-state index contributed by atoms with van der Waals surface area (Å²) >= 11 is 0. The van der Waals surface area contributed by atoms with Crippen molar-refractivity contribution in [3.63, 3.8) is 0 Å². The molecule has 0 aliphatic carbocycles. The topological polar surface area (TPSA) is 77.9 Å². The summed E-state index contributed by atoms with van der Waals surface area (Å²) in [5.41, 5.74) is 0. The molecule has 0 aromatic rings. The first-order valence-corrected chi connectivity index (χ1v) is 8.09. The van der Waals surface area contributed by atoms with E-state index in [1.165, 1.54) is 8.61 Å². The van der Waals surface area contributed by atoms with Crippen LogP contribution in [-0.4, -0.2) is 54.3 Å². The summed E-state index contributed by atoms with van der Waals surface area (Å²) in [4.78, 5) is 10.5. The normalized spacial score (nSPS) is 19.2. The summed E-state index contributed by atoms with van der Waals surface area (Å²) in [7, 11) is -1.77. The lowest BCUT2D eigenvalue weighted by Gasteiger charge is -2.34. The van der Waals surface area contributed by atoms with Gasteiger partial charge in [0.05, 0.1) is 0 Å². The zero-order valence-electron chi connectivity index (χ0n) is 11.9. The summed E-state index contributed by atoms with van der Waals surface area (Å²) < 4.78 is 27.4. The summed E-state index contributed by atoms with van der Waals surface area (Å²) in [6.45, 7) is 4.67. The second-order valence-electron chi connectivity index (χ2n) is 5.39. The minimum atomic E-state index is -3.37. The van der Waals surface area contributed by atoms with Gasteiger partial charge in [0.25, 0.3) is 10.2 Å². The van der Waals surface area contributed by atoms with Gasteiger partial charge in [0, 0.05) is 32.6 Å². The lowest BCUT2D eigenvalue weighted by molar-refractivity contribution is -0.137. The van der Waals surface area contributed by atoms with Crippen LogP contribution < -0.4 is 0 Å². The van der Waals surface area contributed by atoms with Gasteiger partial charge in [-0.25, -0.2) is 0 Å². The molecule has 0 amide bonds. The van der Waals surface area contributed by atoms with Crippen LogP contribution in [0.3, 0.4) is 0 Å². The molecule has 112 valence electrons. The molecule has 1 N–H and O–H groups in total. The zero-order chi connectivity index (χ0) is 14.6. The highest BCUT2D eigenvalue weighted by atomic mass is 32.2. The average molecular weight is 292 g/mol. The molecule has 0 aromatic heterocycles. The average Bonchev–Trinajstić information content (AvgIpc) is 2.35. The lowest BCUT2D eigenvalue weighted by atomic mass is 9.93. The Morgan fingerprint density at radius 3 is 2.32 bits per heavy atom. The molecule has 1 aliphatic rings. The largest absolute Gasteiger partial charge is 0.481 e. The van der Waals surface area contributed by atoms with E-state index < -0.39 is 16.2 Å². The monoisotopic (exact) mass is 292 g/mol. The van der Waals surface area contributed by atoms with E-state index in [1.807, 2.05) is 13.8 Å². The molecule has 1 rings (SSSR count). The Bertz CT molecular complexity index is 400. The van der Waals surface area contributed by atoms with Gasteiger partial charge in [-0.05, 0) is 39.0 Å². The molecule has 1 saturated heterocycles. The van der Waals surface area contributed by atoms with Crippen molar-refractivity contribution >= 4 is 16.2 Å². The van der Waals surface area contributed by atoms with Gasteiger partial charge in [0.1, 0.15) is 0 Å². The molecular formula is C12H24N2O4S. The van der Waals surface area contributed by atoms with Crippen molar-refractivity contribution in [3.05, 3.63) is 0 Å². The number of piperidine rings is 1. The van der Waals surface area contributed by atoms with Crippen LogP contribution in [-0.2, 0) is 15.0 Å². The van der Waals surface area contributed by atoms with Crippen molar-refractivity contribution < 1.29 is 18.3 Å². The Morgan fingerprint density at radius 1 is 1.37 bits per heavy atom. The Hall–Kier alpha value is -0.660. The Morgan fingerprint density at radius 2 is 1.89 bits per heavy atom. The third-order valence-corrected chi connectivity index (χ3v) is 5.92. The fourth-order valence-corrected chi connectivity index (χ4v) is 3.77. The van der Waals surface area contributed by atoms with Crippen molar-refractivity contribution in [2.75, 3.05) is 20.1 Å². The van der Waals surface area contributed by atoms with E-state index in [2.05, 4.69) is 0 Å². The van der Waals surface area contributed by atoms with Gasteiger partial charge in [0.2, 0.25) is 0 Å². The maximum absolute atomic E-state index is 12.3. The molecule has 1 heterocycles. The molecule has 0 saturated carbocycles. The predicted octanol–water partition coefficient (Wildman–Crippen LogP) is 1.15. The first-order chi connectivity index (χ1) is 8.75. The Labute approximate surface area is 115 Å². The number of carbonyl (C=O) groups is 1. The van der Waals surface area contributed by atoms with Crippen LogP contribution in [0.25, 0.3) is 0 Å².